The van der Waals surface area contributed by atoms with Crippen molar-refractivity contribution < 1.29 is 103 Å². The van der Waals surface area contributed by atoms with E-state index in [-0.39, 0.29) is 171 Å². The molecule has 0 amide bonds. The molecule has 0 fully saturated rings. The largest absolute Gasteiger partial charge is 3.00 e. The first-order chi connectivity index (χ1) is 1.73. The van der Waals surface area contributed by atoms with Gasteiger partial charge in [-0.25, -0.2) is 0 Å². The Morgan fingerprint density at radius 3 is 1.22 bits per heavy atom. The summed E-state index contributed by atoms with van der Waals surface area (Å²) in [5.74, 6) is 0. The smallest absolute Gasteiger partial charge is 0.870 e. The van der Waals surface area contributed by atoms with Crippen LogP contribution < -0.4 is 10.2 Å². The van der Waals surface area contributed by atoms with Crippen LogP contribution in [0, 0.1) is 82.6 Å². The molecule has 4 nitrogen and oxygen atoms in total. The zero-order chi connectivity index (χ0) is 3.58. The molecule has 0 aromatic rings. The Hall–Kier alpha value is 4.70. The van der Waals surface area contributed by atoms with Gasteiger partial charge in [-0.1, -0.05) is 0 Å². The normalized spacial score (nSPS) is 2.67. The molecular formula is CHCaCeNdO4Sr+7. The maximum atomic E-state index is 8.33. The SMILES string of the molecule is O=C([O-])[O-].[Ca+2].[Ce+3].[Nd+3].[OH-].[Sr+2]. The summed E-state index contributed by atoms with van der Waals surface area (Å²) >= 11 is 0. The molecule has 0 saturated carbocycles. The summed E-state index contributed by atoms with van der Waals surface area (Å²) in [6, 6.07) is 0. The number of carboxylic acid groups (broad SMARTS) is 2. The standard InChI is InChI=1S/CH2O3.Ca.Ce.Nd.H2O.Sr/c2-1(3)4;;;;;/h(H2,2,3,4);;;;1H2;/q;+2;2*+3;;+2/p-3. The van der Waals surface area contributed by atoms with Gasteiger partial charge < -0.3 is 20.5 Å². The van der Waals surface area contributed by atoms with E-state index in [1.807, 2.05) is 0 Å². The van der Waals surface area contributed by atoms with Crippen LogP contribution >= 0.6 is 0 Å². The van der Waals surface area contributed by atoms with Crippen LogP contribution in [0.25, 0.3) is 0 Å². The number of carbonyl (C=O) groups excluding carboxylic acids is 1. The summed E-state index contributed by atoms with van der Waals surface area (Å²) in [6.07, 6.45) is -2.33. The Bertz CT molecular complexity index is 43.5. The van der Waals surface area contributed by atoms with Gasteiger partial charge >= 0.3 is 166 Å². The van der Waals surface area contributed by atoms with Crippen molar-refractivity contribution in [3.8, 4) is 0 Å². The number of hydrogen-bond acceptors (Lipinski definition) is 4. The van der Waals surface area contributed by atoms with Crippen molar-refractivity contribution in [3.63, 3.8) is 0 Å². The predicted octanol–water partition coefficient (Wildman–Crippen LogP) is -3.39. The molecule has 0 rings (SSSR count). The zero-order valence-corrected chi connectivity index (χ0v) is 16.6. The maximum Gasteiger partial charge on any atom is 3.00 e. The summed E-state index contributed by atoms with van der Waals surface area (Å²) < 4.78 is 0. The fourth-order valence-corrected chi connectivity index (χ4v) is 0. The van der Waals surface area contributed by atoms with Crippen molar-refractivity contribution in [2.24, 2.45) is 0 Å². The van der Waals surface area contributed by atoms with Crippen LogP contribution in [0.15, 0.2) is 0 Å². The van der Waals surface area contributed by atoms with Gasteiger partial charge in [-0.2, -0.15) is 0 Å². The van der Waals surface area contributed by atoms with Crippen molar-refractivity contribution >= 4 is 89.4 Å². The third kappa shape index (κ3) is 65.8. The van der Waals surface area contributed by atoms with Crippen LogP contribution in [0.4, 0.5) is 4.79 Å². The Kier molecular flexibility index (Phi) is 121. The first kappa shape index (κ1) is 37.3. The van der Waals surface area contributed by atoms with E-state index < -0.39 is 6.16 Å². The fourth-order valence-electron chi connectivity index (χ4n) is 0. The Balaban J connectivity index is -0.00000000450. The first-order valence-corrected chi connectivity index (χ1v) is 0.612. The molecule has 0 aromatic heterocycles. The molecule has 2 radical (unpaired) electrons. The molecule has 1 N–H and O–H groups in total. The van der Waals surface area contributed by atoms with Crippen LogP contribution in [0.3, 0.4) is 0 Å². The molecule has 8 heteroatoms. The first-order valence-electron chi connectivity index (χ1n) is 0.612. The van der Waals surface area contributed by atoms with Crippen LogP contribution in [-0.4, -0.2) is 94.9 Å². The average Bonchev–Trinajstić information content (AvgIpc) is 0.811. The van der Waals surface area contributed by atoms with Gasteiger partial charge in [0.05, 0.1) is 0 Å². The number of rotatable bonds is 0. The molecule has 9 heavy (non-hydrogen) atoms. The fraction of sp³-hybridized carbons (Fsp3) is 0. The van der Waals surface area contributed by atoms with Crippen LogP contribution in [0.2, 0.25) is 0 Å². The van der Waals surface area contributed by atoms with Crippen molar-refractivity contribution in [1.82, 2.24) is 0 Å². The van der Waals surface area contributed by atoms with Crippen molar-refractivity contribution in [1.29, 1.82) is 0 Å². The second kappa shape index (κ2) is 29.3. The van der Waals surface area contributed by atoms with E-state index in [0.717, 1.165) is 0 Å². The molecule has 0 spiro atoms. The molecule has 0 heterocycles. The minimum atomic E-state index is -2.33. The number of hydrogen-bond donors (Lipinski definition) is 0. The molecule has 0 aliphatic carbocycles. The van der Waals surface area contributed by atoms with Gasteiger partial charge in [0.1, 0.15) is 0 Å². The monoisotopic (exact) mass is 487 g/mol. The van der Waals surface area contributed by atoms with Crippen LogP contribution in [-0.2, 0) is 0 Å². The van der Waals surface area contributed by atoms with Gasteiger partial charge in [-0.15, -0.1) is 0 Å². The van der Waals surface area contributed by atoms with Crippen molar-refractivity contribution in [2.45, 2.75) is 0 Å². The van der Waals surface area contributed by atoms with Crippen molar-refractivity contribution in [2.75, 3.05) is 0 Å². The third-order valence-electron chi connectivity index (χ3n) is 0. The van der Waals surface area contributed by atoms with E-state index >= 15 is 0 Å². The molecule has 0 aliphatic heterocycles. The van der Waals surface area contributed by atoms with E-state index in [9.17, 15) is 0 Å². The molecule has 0 atom stereocenters. The minimum Gasteiger partial charge on any atom is -0.870 e. The molecule has 0 unspecified atom stereocenters. The summed E-state index contributed by atoms with van der Waals surface area (Å²) in [4.78, 5) is 8.33. The van der Waals surface area contributed by atoms with Crippen molar-refractivity contribution in [3.05, 3.63) is 0 Å². The summed E-state index contributed by atoms with van der Waals surface area (Å²) in [5.41, 5.74) is 0. The third-order valence-corrected chi connectivity index (χ3v) is 0. The van der Waals surface area contributed by atoms with Gasteiger partial charge in [0.15, 0.2) is 0 Å². The van der Waals surface area contributed by atoms with Gasteiger partial charge in [-0.05, 0) is 6.16 Å². The molecule has 34 valence electrons. The second-order valence-electron chi connectivity index (χ2n) is 0.250. The topological polar surface area (TPSA) is 93.2 Å². The minimum absolute atomic E-state index is 0. The van der Waals surface area contributed by atoms with Gasteiger partial charge in [0, 0.05) is 0 Å². The van der Waals surface area contributed by atoms with Gasteiger partial charge in [0.25, 0.3) is 0 Å². The summed E-state index contributed by atoms with van der Waals surface area (Å²) in [6.45, 7) is 0. The second-order valence-corrected chi connectivity index (χ2v) is 0.250. The van der Waals surface area contributed by atoms with E-state index in [1.165, 1.54) is 0 Å². The predicted molar refractivity (Wildman–Crippen MR) is 18.8 cm³/mol. The quantitative estimate of drug-likeness (QED) is 0.332. The van der Waals surface area contributed by atoms with E-state index in [2.05, 4.69) is 0 Å². The Labute approximate surface area is 186 Å². The molecular weight excluding hydrogens is 488 g/mol. The summed E-state index contributed by atoms with van der Waals surface area (Å²) in [7, 11) is 0. The Morgan fingerprint density at radius 2 is 1.22 bits per heavy atom. The maximum absolute atomic E-state index is 8.33. The average molecular weight is 489 g/mol. The zero-order valence-electron chi connectivity index (χ0n) is 4.59. The number of carbonyl (C=O) groups is 1. The summed E-state index contributed by atoms with van der Waals surface area (Å²) in [5, 5.41) is 16.7. The molecule has 0 aliphatic rings. The molecule has 0 bridgehead atoms. The molecule has 0 saturated heterocycles. The van der Waals surface area contributed by atoms with Crippen LogP contribution in [0.1, 0.15) is 0 Å². The van der Waals surface area contributed by atoms with Gasteiger partial charge in [0.2, 0.25) is 0 Å². The van der Waals surface area contributed by atoms with Crippen LogP contribution in [0.5, 0.6) is 0 Å². The van der Waals surface area contributed by atoms with Gasteiger partial charge in [-0.3, -0.25) is 0 Å². The Morgan fingerprint density at radius 1 is 1.22 bits per heavy atom. The van der Waals surface area contributed by atoms with E-state index in [0.29, 0.717) is 0 Å². The van der Waals surface area contributed by atoms with E-state index in [1.54, 1.807) is 0 Å². The van der Waals surface area contributed by atoms with E-state index in [4.69, 9.17) is 15.0 Å². The molecule has 0 aromatic carbocycles.